The van der Waals surface area contributed by atoms with Crippen LogP contribution in [0.4, 0.5) is 5.69 Å². The van der Waals surface area contributed by atoms with Gasteiger partial charge in [-0.25, -0.2) is 0 Å². The van der Waals surface area contributed by atoms with Crippen LogP contribution < -0.4 is 5.32 Å². The molecule has 5 nitrogen and oxygen atoms in total. The molecule has 3 aromatic rings. The third-order valence-corrected chi connectivity index (χ3v) is 7.61. The maximum absolute atomic E-state index is 12.9. The Labute approximate surface area is 186 Å². The van der Waals surface area contributed by atoms with Crippen LogP contribution >= 0.6 is 31.9 Å². The van der Waals surface area contributed by atoms with Crippen molar-refractivity contribution in [2.45, 2.75) is 18.7 Å². The summed E-state index contributed by atoms with van der Waals surface area (Å²) in [6.45, 7) is 3.57. The Balaban J connectivity index is 2.18. The van der Waals surface area contributed by atoms with Crippen LogP contribution in [0.2, 0.25) is 0 Å². The number of amidine groups is 1. The normalized spacial score (nSPS) is 12.1. The van der Waals surface area contributed by atoms with Gasteiger partial charge in [0.15, 0.2) is 5.84 Å². The van der Waals surface area contributed by atoms with Crippen molar-refractivity contribution in [1.29, 1.82) is 0 Å². The van der Waals surface area contributed by atoms with Crippen LogP contribution in [-0.4, -0.2) is 19.4 Å². The van der Waals surface area contributed by atoms with Crippen molar-refractivity contribution in [3.8, 4) is 5.75 Å². The lowest BCUT2D eigenvalue weighted by molar-refractivity contribution is 0.466. The van der Waals surface area contributed by atoms with Crippen molar-refractivity contribution in [3.05, 3.63) is 86.3 Å². The minimum atomic E-state index is -3.93. The van der Waals surface area contributed by atoms with E-state index in [1.165, 1.54) is 12.1 Å². The summed E-state index contributed by atoms with van der Waals surface area (Å²) in [5.41, 5.74) is 2.54. The highest BCUT2D eigenvalue weighted by molar-refractivity contribution is 9.11. The summed E-state index contributed by atoms with van der Waals surface area (Å²) in [5, 5.41) is 13.4. The Hall–Kier alpha value is -2.16. The number of hydrogen-bond donors (Lipinski definition) is 2. The van der Waals surface area contributed by atoms with Gasteiger partial charge >= 0.3 is 0 Å². The van der Waals surface area contributed by atoms with Gasteiger partial charge in [0, 0.05) is 15.6 Å². The second-order valence-corrected chi connectivity index (χ2v) is 9.51. The van der Waals surface area contributed by atoms with Crippen LogP contribution in [0.5, 0.6) is 5.75 Å². The number of aromatic hydroxyl groups is 1. The fraction of sp³-hybridized carbons (Fsp3) is 0.0952. The summed E-state index contributed by atoms with van der Waals surface area (Å²) in [6.07, 6.45) is 0. The van der Waals surface area contributed by atoms with Gasteiger partial charge in [0.25, 0.3) is 10.0 Å². The molecule has 150 valence electrons. The van der Waals surface area contributed by atoms with Crippen LogP contribution in [0.25, 0.3) is 0 Å². The average Bonchev–Trinajstić information content (AvgIpc) is 2.74. The molecule has 0 saturated heterocycles. The highest BCUT2D eigenvalue weighted by atomic mass is 79.9. The zero-order chi connectivity index (χ0) is 21.2. The van der Waals surface area contributed by atoms with Gasteiger partial charge in [-0.1, -0.05) is 48.5 Å². The highest BCUT2D eigenvalue weighted by Crippen LogP contribution is 2.42. The molecular formula is C21H18Br2N2O3S. The highest BCUT2D eigenvalue weighted by Gasteiger charge is 2.20. The molecule has 0 fully saturated rings. The molecule has 0 aliphatic heterocycles. The molecule has 0 amide bonds. The van der Waals surface area contributed by atoms with Crippen molar-refractivity contribution >= 4 is 53.4 Å². The minimum absolute atomic E-state index is 0.106. The molecule has 3 aromatic carbocycles. The molecule has 0 heterocycles. The lowest BCUT2D eigenvalue weighted by Crippen LogP contribution is -2.18. The molecule has 8 heteroatoms. The fourth-order valence-electron chi connectivity index (χ4n) is 2.68. The number of benzene rings is 3. The number of phenolic OH excluding ortho intramolecular Hbond substituents is 1. The van der Waals surface area contributed by atoms with Gasteiger partial charge in [0.05, 0.1) is 15.1 Å². The smallest absolute Gasteiger partial charge is 0.284 e. The number of hydrogen-bond acceptors (Lipinski definition) is 3. The maximum Gasteiger partial charge on any atom is 0.284 e. The summed E-state index contributed by atoms with van der Waals surface area (Å²) >= 11 is 6.88. The van der Waals surface area contributed by atoms with E-state index in [2.05, 4.69) is 41.6 Å². The molecule has 0 aromatic heterocycles. The fourth-order valence-corrected chi connectivity index (χ4v) is 4.76. The molecule has 0 saturated carbocycles. The van der Waals surface area contributed by atoms with E-state index in [-0.39, 0.29) is 16.5 Å². The first-order chi connectivity index (χ1) is 13.7. The molecule has 29 heavy (non-hydrogen) atoms. The third-order valence-electron chi connectivity index (χ3n) is 4.36. The Morgan fingerprint density at radius 1 is 0.897 bits per heavy atom. The van der Waals surface area contributed by atoms with Gasteiger partial charge in [-0.05, 0) is 63.4 Å². The molecular weight excluding hydrogens is 520 g/mol. The van der Waals surface area contributed by atoms with Crippen LogP contribution in [-0.2, 0) is 10.0 Å². The van der Waals surface area contributed by atoms with E-state index in [9.17, 15) is 13.5 Å². The topological polar surface area (TPSA) is 78.8 Å². The van der Waals surface area contributed by atoms with E-state index in [4.69, 9.17) is 0 Å². The number of halogens is 2. The SMILES string of the molecule is Cc1c(O)c(Br)c(C)c(NC(=NS(=O)(=O)c2ccccc2)c2ccccc2)c1Br. The number of nitrogens with zero attached hydrogens (tertiary/aromatic N) is 1. The lowest BCUT2D eigenvalue weighted by Gasteiger charge is -2.18. The molecule has 0 aliphatic rings. The largest absolute Gasteiger partial charge is 0.506 e. The molecule has 0 bridgehead atoms. The van der Waals surface area contributed by atoms with Gasteiger partial charge < -0.3 is 10.4 Å². The first-order valence-electron chi connectivity index (χ1n) is 8.62. The first kappa shape index (κ1) is 21.5. The van der Waals surface area contributed by atoms with Crippen molar-refractivity contribution in [3.63, 3.8) is 0 Å². The standard InChI is InChI=1S/C21H18Br2N2O3S/c1-13-18(23)20(26)14(2)17(22)19(13)24-21(15-9-5-3-6-10-15)25-29(27,28)16-11-7-4-8-12-16/h3-12,26H,1-2H3,(H,24,25). The molecule has 0 atom stereocenters. The van der Waals surface area contributed by atoms with E-state index < -0.39 is 10.0 Å². The van der Waals surface area contributed by atoms with E-state index in [1.54, 1.807) is 37.3 Å². The van der Waals surface area contributed by atoms with Gasteiger partial charge in [-0.3, -0.25) is 0 Å². The zero-order valence-corrected chi connectivity index (χ0v) is 19.6. The van der Waals surface area contributed by atoms with Gasteiger partial charge in [0.2, 0.25) is 0 Å². The Kier molecular flexibility index (Phi) is 6.45. The van der Waals surface area contributed by atoms with E-state index >= 15 is 0 Å². The van der Waals surface area contributed by atoms with Crippen molar-refractivity contribution in [2.24, 2.45) is 4.40 Å². The van der Waals surface area contributed by atoms with Crippen molar-refractivity contribution in [1.82, 2.24) is 0 Å². The van der Waals surface area contributed by atoms with E-state index in [0.717, 1.165) is 0 Å². The van der Waals surface area contributed by atoms with E-state index in [0.29, 0.717) is 31.3 Å². The molecule has 3 rings (SSSR count). The second kappa shape index (κ2) is 8.69. The monoisotopic (exact) mass is 536 g/mol. The summed E-state index contributed by atoms with van der Waals surface area (Å²) in [6, 6.07) is 17.1. The summed E-state index contributed by atoms with van der Waals surface area (Å²) in [4.78, 5) is 0.106. The Morgan fingerprint density at radius 3 is 2.03 bits per heavy atom. The number of sulfonamides is 1. The van der Waals surface area contributed by atoms with Crippen LogP contribution in [0.3, 0.4) is 0 Å². The quantitative estimate of drug-likeness (QED) is 0.251. The zero-order valence-electron chi connectivity index (χ0n) is 15.6. The second-order valence-electron chi connectivity index (χ2n) is 6.32. The summed E-state index contributed by atoms with van der Waals surface area (Å²) in [7, 11) is -3.93. The van der Waals surface area contributed by atoms with Crippen LogP contribution in [0.15, 0.2) is 78.9 Å². The molecule has 0 unspecified atom stereocenters. The Morgan fingerprint density at radius 2 is 1.45 bits per heavy atom. The molecule has 0 spiro atoms. The van der Waals surface area contributed by atoms with Gasteiger partial charge in [-0.15, -0.1) is 4.40 Å². The van der Waals surface area contributed by atoms with E-state index in [1.807, 2.05) is 25.1 Å². The lowest BCUT2D eigenvalue weighted by atomic mass is 10.1. The first-order valence-corrected chi connectivity index (χ1v) is 11.6. The van der Waals surface area contributed by atoms with Crippen LogP contribution in [0.1, 0.15) is 16.7 Å². The predicted molar refractivity (Wildman–Crippen MR) is 123 cm³/mol. The minimum Gasteiger partial charge on any atom is -0.506 e. The van der Waals surface area contributed by atoms with Crippen LogP contribution in [0, 0.1) is 13.8 Å². The number of phenols is 1. The molecule has 2 N–H and O–H groups in total. The number of nitrogens with one attached hydrogen (secondary N) is 1. The van der Waals surface area contributed by atoms with Gasteiger partial charge in [0.1, 0.15) is 5.75 Å². The Bertz CT molecular complexity index is 1150. The average molecular weight is 538 g/mol. The number of rotatable bonds is 4. The molecule has 0 radical (unpaired) electrons. The maximum atomic E-state index is 12.9. The summed E-state index contributed by atoms with van der Waals surface area (Å²) in [5.74, 6) is 0.297. The van der Waals surface area contributed by atoms with Crippen molar-refractivity contribution < 1.29 is 13.5 Å². The van der Waals surface area contributed by atoms with Gasteiger partial charge in [-0.2, -0.15) is 8.42 Å². The number of anilines is 1. The molecule has 0 aliphatic carbocycles. The predicted octanol–water partition coefficient (Wildman–Crippen LogP) is 5.78. The summed E-state index contributed by atoms with van der Waals surface area (Å²) < 4.78 is 31.0. The van der Waals surface area contributed by atoms with Crippen molar-refractivity contribution in [2.75, 3.05) is 5.32 Å². The third kappa shape index (κ3) is 4.55.